The number of allylic oxidation sites excluding steroid dienone is 5. The number of hydrogen-bond acceptors (Lipinski definition) is 14. The monoisotopic (exact) mass is 1190 g/mol. The number of anilines is 1. The molecule has 466 valence electrons. The molecule has 6 saturated carbocycles. The summed E-state index contributed by atoms with van der Waals surface area (Å²) in [6, 6.07) is 6.07. The van der Waals surface area contributed by atoms with E-state index in [1.165, 1.54) is 16.7 Å². The van der Waals surface area contributed by atoms with E-state index in [1.807, 2.05) is 12.2 Å². The Morgan fingerprint density at radius 2 is 1.69 bits per heavy atom. The number of hydrogen-bond donors (Lipinski definition) is 6. The molecule has 1 aromatic carbocycles. The molecule has 4 unspecified atom stereocenters. The van der Waals surface area contributed by atoms with E-state index in [0.29, 0.717) is 59.9 Å². The number of aliphatic hydroxyl groups excluding tert-OH is 2. The van der Waals surface area contributed by atoms with Gasteiger partial charge in [0.25, 0.3) is 0 Å². The summed E-state index contributed by atoms with van der Waals surface area (Å²) in [7, 11) is 0. The van der Waals surface area contributed by atoms with Crippen LogP contribution in [0.5, 0.6) is 0 Å². The molecular formula is C68H90N4O14. The van der Waals surface area contributed by atoms with Gasteiger partial charge < -0.3 is 65.1 Å². The third-order valence-corrected chi connectivity index (χ3v) is 22.8. The van der Waals surface area contributed by atoms with E-state index < -0.39 is 76.5 Å². The number of urea groups is 1. The smallest absolute Gasteiger partial charge is 0.490 e. The first kappa shape index (κ1) is 60.5. The summed E-state index contributed by atoms with van der Waals surface area (Å²) in [4.78, 5) is 67.2. The molecule has 0 aromatic heterocycles. The zero-order valence-corrected chi connectivity index (χ0v) is 51.2. The number of primary amides is 1. The van der Waals surface area contributed by atoms with Crippen LogP contribution in [0, 0.1) is 52.3 Å². The van der Waals surface area contributed by atoms with Crippen molar-refractivity contribution in [3.05, 3.63) is 101 Å². The molecule has 7 aliphatic carbocycles. The topological polar surface area (TPSA) is 262 Å². The molecule has 86 heavy (non-hydrogen) atoms. The minimum atomic E-state index is -1.47. The molecule has 18 heteroatoms. The number of carbonyl (C=O) groups excluding carboxylic acids is 5. The van der Waals surface area contributed by atoms with E-state index in [0.717, 1.165) is 75.5 Å². The Labute approximate surface area is 505 Å². The van der Waals surface area contributed by atoms with Gasteiger partial charge in [-0.15, -0.1) is 0 Å². The molecule has 11 aliphatic rings. The van der Waals surface area contributed by atoms with Gasteiger partial charge in [-0.3, -0.25) is 9.59 Å². The number of ketones is 1. The van der Waals surface area contributed by atoms with E-state index in [9.17, 15) is 34.2 Å². The summed E-state index contributed by atoms with van der Waals surface area (Å²) < 4.78 is 44.3. The number of epoxide rings is 3. The second kappa shape index (κ2) is 22.4. The van der Waals surface area contributed by atoms with E-state index in [1.54, 1.807) is 38.1 Å². The van der Waals surface area contributed by atoms with Crippen LogP contribution in [0.4, 0.5) is 20.1 Å². The van der Waals surface area contributed by atoms with E-state index >= 15 is 0 Å². The van der Waals surface area contributed by atoms with Gasteiger partial charge >= 0.3 is 18.3 Å². The number of aliphatic hydroxyl groups is 2. The van der Waals surface area contributed by atoms with Crippen molar-refractivity contribution >= 4 is 35.7 Å². The zero-order valence-electron chi connectivity index (χ0n) is 51.2. The molecule has 2 spiro atoms. The van der Waals surface area contributed by atoms with Gasteiger partial charge in [0.2, 0.25) is 5.91 Å². The van der Waals surface area contributed by atoms with Gasteiger partial charge in [-0.05, 0) is 178 Å². The highest BCUT2D eigenvalue weighted by atomic mass is 16.8. The van der Waals surface area contributed by atoms with E-state index in [-0.39, 0.29) is 79.5 Å². The van der Waals surface area contributed by atoms with Crippen molar-refractivity contribution in [3.63, 3.8) is 0 Å². The maximum atomic E-state index is 14.1. The van der Waals surface area contributed by atoms with Crippen LogP contribution in [-0.2, 0) is 49.4 Å². The van der Waals surface area contributed by atoms with Crippen molar-refractivity contribution in [2.24, 2.45) is 58.0 Å². The van der Waals surface area contributed by atoms with Crippen molar-refractivity contribution in [2.75, 3.05) is 18.5 Å². The average Bonchev–Trinajstić information content (AvgIpc) is 1.42. The van der Waals surface area contributed by atoms with Gasteiger partial charge in [0.1, 0.15) is 48.5 Å². The Hall–Kier alpha value is -5.79. The molecule has 0 radical (unpaired) electrons. The highest BCUT2D eigenvalue weighted by molar-refractivity contribution is 5.98. The van der Waals surface area contributed by atoms with E-state index in [2.05, 4.69) is 75.9 Å². The molecule has 4 aliphatic heterocycles. The number of alkyl carbamates (subject to hydrolysis) is 1. The average molecular weight is 1190 g/mol. The number of ether oxygens (including phenoxy) is 7. The lowest BCUT2D eigenvalue weighted by molar-refractivity contribution is -0.129. The predicted molar refractivity (Wildman–Crippen MR) is 319 cm³/mol. The fourth-order valence-electron chi connectivity index (χ4n) is 17.7. The molecule has 4 heterocycles. The van der Waals surface area contributed by atoms with Crippen LogP contribution in [0.1, 0.15) is 150 Å². The Morgan fingerprint density at radius 1 is 0.919 bits per heavy atom. The molecule has 17 atom stereocenters. The number of Topliss-reactive ketones (excluding diaryl/α,β-unsaturated/α-hetero) is 1. The standard InChI is InChI=1S/C68H90N4O14/c1-36(2)66-56(85-66)57-68(86-57)65(9)28-26-47-39(5)80-35-48(47)51(65)33-55-67(68,84-55)59(66)83-62(79)81-34-40-15-21-45(22-16-40)71-58(76)44(13-11-29-70-60(69)77)31-54(75)63(6,7)72-61(78)82-53-32-46(73)30-43(38(53)4)20-17-41-12-10-27-64(8)49(23-24-50(41)64)37(3)14-25-52(74)42-18-19-42/h14-17,20-22,25,36-37,42,44,46,49-53,55-57,59,73-74H,4-5,10-13,18-19,23-24,26-35H2,1-3,6-9H3,(H,71,76)(H,72,78)(H3,69,70,77)/b25-14+,41-17+,43-20-/t37-,44?,46+,49?,50?,51-,52?,53-,55-,56-,57-,59+,64+,65-,66-,67+,68+/m0/s1. The second-order valence-electron chi connectivity index (χ2n) is 28.5. The quantitative estimate of drug-likeness (QED) is 0.0307. The largest absolute Gasteiger partial charge is 0.509 e. The number of nitrogens with one attached hydrogen (secondary N) is 3. The van der Waals surface area contributed by atoms with Crippen LogP contribution in [0.15, 0.2) is 95.4 Å². The molecule has 9 fully saturated rings. The summed E-state index contributed by atoms with van der Waals surface area (Å²) in [5.41, 5.74) is 7.73. The maximum absolute atomic E-state index is 14.1. The van der Waals surface area contributed by atoms with Gasteiger partial charge in [0, 0.05) is 36.4 Å². The molecule has 18 nitrogen and oxygen atoms in total. The van der Waals surface area contributed by atoms with Gasteiger partial charge in [-0.1, -0.05) is 89.8 Å². The summed E-state index contributed by atoms with van der Waals surface area (Å²) in [6.45, 7) is 23.4. The zero-order chi connectivity index (χ0) is 61.0. The first-order chi connectivity index (χ1) is 40.9. The highest BCUT2D eigenvalue weighted by Gasteiger charge is 3.01. The number of rotatable bonds is 20. The third-order valence-electron chi connectivity index (χ3n) is 22.8. The molecule has 7 N–H and O–H groups in total. The number of benzene rings is 1. The van der Waals surface area contributed by atoms with Crippen molar-refractivity contribution in [3.8, 4) is 0 Å². The molecule has 12 rings (SSSR count). The number of fused-ring (bicyclic) bond motifs is 5. The van der Waals surface area contributed by atoms with Crippen LogP contribution >= 0.6 is 0 Å². The van der Waals surface area contributed by atoms with Gasteiger partial charge in [-0.25, -0.2) is 14.4 Å². The highest BCUT2D eigenvalue weighted by Crippen LogP contribution is 2.83. The lowest BCUT2D eigenvalue weighted by Gasteiger charge is -2.53. The lowest BCUT2D eigenvalue weighted by Crippen LogP contribution is -2.70. The van der Waals surface area contributed by atoms with Crippen LogP contribution in [0.2, 0.25) is 0 Å². The van der Waals surface area contributed by atoms with Gasteiger partial charge in [0.15, 0.2) is 17.5 Å². The third kappa shape index (κ3) is 10.4. The Morgan fingerprint density at radius 3 is 2.42 bits per heavy atom. The number of nitrogens with two attached hydrogens (primary N) is 1. The summed E-state index contributed by atoms with van der Waals surface area (Å²) >= 11 is 0. The summed E-state index contributed by atoms with van der Waals surface area (Å²) in [5, 5.41) is 29.8. The number of amides is 4. The Balaban J connectivity index is 0.645. The van der Waals surface area contributed by atoms with Gasteiger partial charge in [0.05, 0.1) is 23.9 Å². The summed E-state index contributed by atoms with van der Waals surface area (Å²) in [5.74, 6) is 0.918. The predicted octanol–water partition coefficient (Wildman–Crippen LogP) is 10.0. The minimum Gasteiger partial charge on any atom is -0.490 e. The number of carbonyl (C=O) groups is 5. The molecule has 4 amide bonds. The second-order valence-corrected chi connectivity index (χ2v) is 28.5. The van der Waals surface area contributed by atoms with Crippen molar-refractivity contribution in [2.45, 2.75) is 216 Å². The Kier molecular flexibility index (Phi) is 15.7. The molecule has 1 aromatic rings. The fraction of sp³-hybridized carbons (Fsp3) is 0.662. The first-order valence-electron chi connectivity index (χ1n) is 31.9. The minimum absolute atomic E-state index is 0.00418. The van der Waals surface area contributed by atoms with Crippen LogP contribution < -0.4 is 21.7 Å². The lowest BCUT2D eigenvalue weighted by atomic mass is 9.46. The van der Waals surface area contributed by atoms with Crippen molar-refractivity contribution in [1.29, 1.82) is 0 Å². The molecular weight excluding hydrogens is 1100 g/mol. The first-order valence-corrected chi connectivity index (χ1v) is 31.9. The normalized spacial score (nSPS) is 38.2. The molecule has 3 saturated heterocycles. The molecule has 0 bridgehead atoms. The van der Waals surface area contributed by atoms with Crippen LogP contribution in [0.3, 0.4) is 0 Å². The van der Waals surface area contributed by atoms with Crippen LogP contribution in [0.25, 0.3) is 0 Å². The van der Waals surface area contributed by atoms with Crippen molar-refractivity contribution < 1.29 is 67.3 Å². The summed E-state index contributed by atoms with van der Waals surface area (Å²) in [6.07, 6.45) is 14.5. The fourth-order valence-corrected chi connectivity index (χ4v) is 17.7. The SMILES string of the molecule is C=C1OCC2=C1CC[C@@]1(C)[C@H]2C[C@@H]2O[C@@]23[C@H](OC(=O)OCc2ccc(NC(=O)C(CCCNC(N)=O)CC(=O)C(C)(C)NC(=O)O[C@H]4C[C@H](O)C/C(=C/C=C5\CCC[C@@]6(C)C5CCC6[C@@H](C)/C=C/C(O)C5CC5)C4=C)cc2)[C@@]2(C(C)C)O[C@H]2[C@@H]2O[C@@]231. The van der Waals surface area contributed by atoms with Crippen LogP contribution in [-0.4, -0.2) is 118 Å². The van der Waals surface area contributed by atoms with Crippen molar-refractivity contribution in [1.82, 2.24) is 10.6 Å². The van der Waals surface area contributed by atoms with Gasteiger partial charge in [-0.2, -0.15) is 0 Å². The Bertz CT molecular complexity index is 3070. The maximum Gasteiger partial charge on any atom is 0.509 e. The van der Waals surface area contributed by atoms with E-state index in [4.69, 9.17) is 38.9 Å².